The molecule has 108 valence electrons. The summed E-state index contributed by atoms with van der Waals surface area (Å²) in [4.78, 5) is 4.48. The van der Waals surface area contributed by atoms with Crippen molar-refractivity contribution in [2.24, 2.45) is 4.99 Å². The fourth-order valence-corrected chi connectivity index (χ4v) is 1.88. The summed E-state index contributed by atoms with van der Waals surface area (Å²) in [5, 5.41) is 7.72. The number of aliphatic imine (C=N–C) groups is 1. The number of nitrogens with one attached hydrogen (secondary N) is 2. The minimum absolute atomic E-state index is 0. The van der Waals surface area contributed by atoms with Gasteiger partial charge in [-0.25, -0.2) is 4.99 Å². The number of halogens is 3. The molecule has 2 N–H and O–H groups in total. The largest absolute Gasteiger partial charge is 0.357 e. The minimum atomic E-state index is 0. The molecule has 0 saturated heterocycles. The molecule has 1 aromatic rings. The predicted octanol–water partition coefficient (Wildman–Crippen LogP) is 4.07. The van der Waals surface area contributed by atoms with Gasteiger partial charge in [0.25, 0.3) is 0 Å². The van der Waals surface area contributed by atoms with Crippen LogP contribution in [0.1, 0.15) is 26.3 Å². The quantitative estimate of drug-likeness (QED) is 0.441. The van der Waals surface area contributed by atoms with Crippen LogP contribution >= 0.6 is 47.2 Å². The fourth-order valence-electron chi connectivity index (χ4n) is 1.41. The van der Waals surface area contributed by atoms with Crippen molar-refractivity contribution in [1.29, 1.82) is 0 Å². The molecular weight excluding hydrogens is 396 g/mol. The zero-order chi connectivity index (χ0) is 13.5. The Hall–Kier alpha value is -0.200. The molecular formula is C13H20Cl2IN3. The highest BCUT2D eigenvalue weighted by atomic mass is 127. The van der Waals surface area contributed by atoms with Gasteiger partial charge >= 0.3 is 0 Å². The first kappa shape index (κ1) is 18.8. The number of benzene rings is 1. The van der Waals surface area contributed by atoms with Gasteiger partial charge in [0.15, 0.2) is 5.96 Å². The van der Waals surface area contributed by atoms with Crippen molar-refractivity contribution in [1.82, 2.24) is 10.6 Å². The molecule has 0 aliphatic carbocycles. The van der Waals surface area contributed by atoms with E-state index in [0.717, 1.165) is 18.1 Å². The van der Waals surface area contributed by atoms with Gasteiger partial charge in [0.05, 0.1) is 6.54 Å². The van der Waals surface area contributed by atoms with Crippen LogP contribution in [0.5, 0.6) is 0 Å². The monoisotopic (exact) mass is 415 g/mol. The molecule has 0 aliphatic rings. The first-order chi connectivity index (χ1) is 8.52. The Bertz CT molecular complexity index is 422. The number of rotatable bonds is 4. The van der Waals surface area contributed by atoms with Gasteiger partial charge in [-0.2, -0.15) is 0 Å². The van der Waals surface area contributed by atoms with Crippen molar-refractivity contribution < 1.29 is 0 Å². The van der Waals surface area contributed by atoms with Crippen molar-refractivity contribution in [2.75, 3.05) is 6.54 Å². The van der Waals surface area contributed by atoms with Crippen LogP contribution in [0.4, 0.5) is 0 Å². The average Bonchev–Trinajstić information content (AvgIpc) is 2.27. The molecule has 0 amide bonds. The van der Waals surface area contributed by atoms with Gasteiger partial charge in [-0.05, 0) is 38.5 Å². The second-order valence-electron chi connectivity index (χ2n) is 4.23. The average molecular weight is 416 g/mol. The summed E-state index contributed by atoms with van der Waals surface area (Å²) in [6.45, 7) is 7.53. The van der Waals surface area contributed by atoms with Crippen LogP contribution in [0.25, 0.3) is 0 Å². The van der Waals surface area contributed by atoms with E-state index in [4.69, 9.17) is 23.2 Å². The summed E-state index contributed by atoms with van der Waals surface area (Å²) < 4.78 is 0. The zero-order valence-corrected chi connectivity index (χ0v) is 15.2. The maximum Gasteiger partial charge on any atom is 0.191 e. The van der Waals surface area contributed by atoms with Gasteiger partial charge in [-0.1, -0.05) is 29.3 Å². The molecule has 0 radical (unpaired) electrons. The first-order valence-electron chi connectivity index (χ1n) is 6.01. The molecule has 0 atom stereocenters. The fraction of sp³-hybridized carbons (Fsp3) is 0.462. The molecule has 0 aliphatic heterocycles. The topological polar surface area (TPSA) is 36.4 Å². The van der Waals surface area contributed by atoms with Crippen molar-refractivity contribution in [3.63, 3.8) is 0 Å². The van der Waals surface area contributed by atoms with Crippen LogP contribution in [0.2, 0.25) is 10.0 Å². The Balaban J connectivity index is 0.00000324. The SMILES string of the molecule is CCNC(=NCc1ccc(Cl)cc1Cl)NC(C)C.I. The number of nitrogens with zero attached hydrogens (tertiary/aromatic N) is 1. The summed E-state index contributed by atoms with van der Waals surface area (Å²) in [5.74, 6) is 0.790. The minimum Gasteiger partial charge on any atom is -0.357 e. The lowest BCUT2D eigenvalue weighted by Crippen LogP contribution is -2.41. The Labute approximate surface area is 142 Å². The molecule has 3 nitrogen and oxygen atoms in total. The van der Waals surface area contributed by atoms with E-state index in [1.165, 1.54) is 0 Å². The third-order valence-corrected chi connectivity index (χ3v) is 2.78. The van der Waals surface area contributed by atoms with E-state index in [2.05, 4.69) is 29.5 Å². The number of hydrogen-bond donors (Lipinski definition) is 2. The van der Waals surface area contributed by atoms with Crippen LogP contribution in [0.15, 0.2) is 23.2 Å². The summed E-state index contributed by atoms with van der Waals surface area (Å²) in [6.07, 6.45) is 0. The molecule has 0 heterocycles. The lowest BCUT2D eigenvalue weighted by atomic mass is 10.2. The van der Waals surface area contributed by atoms with E-state index in [1.54, 1.807) is 6.07 Å². The van der Waals surface area contributed by atoms with Gasteiger partial charge in [0.1, 0.15) is 0 Å². The summed E-state index contributed by atoms with van der Waals surface area (Å²) in [7, 11) is 0. The third-order valence-electron chi connectivity index (χ3n) is 2.19. The van der Waals surface area contributed by atoms with Crippen LogP contribution in [0.3, 0.4) is 0 Å². The molecule has 1 rings (SSSR count). The first-order valence-corrected chi connectivity index (χ1v) is 6.77. The summed E-state index contributed by atoms with van der Waals surface area (Å²) in [5.41, 5.74) is 0.960. The normalized spacial score (nSPS) is 11.2. The van der Waals surface area contributed by atoms with E-state index in [1.807, 2.05) is 19.1 Å². The molecule has 19 heavy (non-hydrogen) atoms. The van der Waals surface area contributed by atoms with Gasteiger partial charge in [0.2, 0.25) is 0 Å². The van der Waals surface area contributed by atoms with E-state index in [9.17, 15) is 0 Å². The van der Waals surface area contributed by atoms with Crippen molar-refractivity contribution in [3.8, 4) is 0 Å². The number of hydrogen-bond acceptors (Lipinski definition) is 1. The van der Waals surface area contributed by atoms with Gasteiger partial charge in [-0.3, -0.25) is 0 Å². The van der Waals surface area contributed by atoms with Gasteiger partial charge < -0.3 is 10.6 Å². The smallest absolute Gasteiger partial charge is 0.191 e. The lowest BCUT2D eigenvalue weighted by molar-refractivity contribution is 0.700. The molecule has 1 aromatic carbocycles. The molecule has 6 heteroatoms. The molecule has 0 fully saturated rings. The summed E-state index contributed by atoms with van der Waals surface area (Å²) >= 11 is 12.0. The Morgan fingerprint density at radius 1 is 1.32 bits per heavy atom. The van der Waals surface area contributed by atoms with Crippen LogP contribution in [0, 0.1) is 0 Å². The molecule has 0 saturated carbocycles. The Morgan fingerprint density at radius 2 is 2.00 bits per heavy atom. The maximum atomic E-state index is 6.10. The number of guanidine groups is 1. The second-order valence-corrected chi connectivity index (χ2v) is 5.07. The molecule has 0 bridgehead atoms. The van der Waals surface area contributed by atoms with Crippen LogP contribution < -0.4 is 10.6 Å². The second kappa shape index (κ2) is 9.66. The summed E-state index contributed by atoms with van der Waals surface area (Å²) in [6, 6.07) is 5.79. The highest BCUT2D eigenvalue weighted by molar-refractivity contribution is 14.0. The molecule has 0 aromatic heterocycles. The van der Waals surface area contributed by atoms with Gasteiger partial charge in [0, 0.05) is 22.6 Å². The van der Waals surface area contributed by atoms with Gasteiger partial charge in [-0.15, -0.1) is 24.0 Å². The van der Waals surface area contributed by atoms with E-state index in [0.29, 0.717) is 22.6 Å². The van der Waals surface area contributed by atoms with Crippen molar-refractivity contribution in [3.05, 3.63) is 33.8 Å². The van der Waals surface area contributed by atoms with E-state index in [-0.39, 0.29) is 24.0 Å². The molecule has 0 spiro atoms. The van der Waals surface area contributed by atoms with Crippen LogP contribution in [-0.4, -0.2) is 18.5 Å². The van der Waals surface area contributed by atoms with Crippen molar-refractivity contribution in [2.45, 2.75) is 33.4 Å². The lowest BCUT2D eigenvalue weighted by Gasteiger charge is -2.14. The highest BCUT2D eigenvalue weighted by Crippen LogP contribution is 2.21. The highest BCUT2D eigenvalue weighted by Gasteiger charge is 2.03. The zero-order valence-electron chi connectivity index (χ0n) is 11.3. The predicted molar refractivity (Wildman–Crippen MR) is 95.0 cm³/mol. The standard InChI is InChI=1S/C13H19Cl2N3.HI/c1-4-16-13(18-9(2)3)17-8-10-5-6-11(14)7-12(10)15;/h5-7,9H,4,8H2,1-3H3,(H2,16,17,18);1H. The Kier molecular flexibility index (Phi) is 9.56. The van der Waals surface area contributed by atoms with E-state index >= 15 is 0 Å². The van der Waals surface area contributed by atoms with Crippen molar-refractivity contribution >= 4 is 53.1 Å². The third kappa shape index (κ3) is 7.22. The maximum absolute atomic E-state index is 6.10. The Morgan fingerprint density at radius 3 is 2.53 bits per heavy atom. The molecule has 0 unspecified atom stereocenters. The van der Waals surface area contributed by atoms with Crippen LogP contribution in [-0.2, 0) is 6.54 Å². The van der Waals surface area contributed by atoms with E-state index < -0.39 is 0 Å².